The summed E-state index contributed by atoms with van der Waals surface area (Å²) in [5.74, 6) is 0.855. The molecule has 0 aliphatic carbocycles. The van der Waals surface area contributed by atoms with E-state index in [1.807, 2.05) is 6.20 Å². The standard InChI is InChI=1S/C13H23NS/c1-3-5-6-7-8-12(4-2)11-13-14-9-10-15-13/h9-10,12H,3-8,11H2,1-2H3. The molecule has 0 bridgehead atoms. The molecule has 2 heteroatoms. The summed E-state index contributed by atoms with van der Waals surface area (Å²) >= 11 is 1.80. The third-order valence-electron chi connectivity index (χ3n) is 2.99. The summed E-state index contributed by atoms with van der Waals surface area (Å²) in [5, 5.41) is 3.40. The minimum absolute atomic E-state index is 0.855. The molecule has 1 rings (SSSR count). The van der Waals surface area contributed by atoms with Crippen LogP contribution < -0.4 is 0 Å². The zero-order chi connectivity index (χ0) is 10.9. The molecule has 1 unspecified atom stereocenters. The number of hydrogen-bond donors (Lipinski definition) is 0. The van der Waals surface area contributed by atoms with Crippen LogP contribution in [-0.4, -0.2) is 4.98 Å². The Balaban J connectivity index is 2.18. The van der Waals surface area contributed by atoms with E-state index in [0.717, 1.165) is 5.92 Å². The van der Waals surface area contributed by atoms with Gasteiger partial charge >= 0.3 is 0 Å². The molecule has 1 aromatic heterocycles. The summed E-state index contributed by atoms with van der Waals surface area (Å²) in [6.45, 7) is 4.57. The van der Waals surface area contributed by atoms with Gasteiger partial charge in [0.2, 0.25) is 0 Å². The summed E-state index contributed by atoms with van der Waals surface area (Å²) in [6.07, 6.45) is 11.3. The minimum Gasteiger partial charge on any atom is -0.250 e. The molecule has 86 valence electrons. The molecule has 0 aliphatic heterocycles. The van der Waals surface area contributed by atoms with Crippen molar-refractivity contribution in [3.8, 4) is 0 Å². The van der Waals surface area contributed by atoms with Crippen LogP contribution in [0, 0.1) is 5.92 Å². The van der Waals surface area contributed by atoms with Crippen molar-refractivity contribution in [3.63, 3.8) is 0 Å². The van der Waals surface area contributed by atoms with Crippen molar-refractivity contribution in [2.75, 3.05) is 0 Å². The van der Waals surface area contributed by atoms with Crippen molar-refractivity contribution in [2.24, 2.45) is 5.92 Å². The molecule has 1 atom stereocenters. The number of aromatic nitrogens is 1. The Labute approximate surface area is 97.9 Å². The van der Waals surface area contributed by atoms with Crippen molar-refractivity contribution in [2.45, 2.75) is 58.8 Å². The fourth-order valence-corrected chi connectivity index (χ4v) is 2.64. The first-order chi connectivity index (χ1) is 7.36. The van der Waals surface area contributed by atoms with Crippen LogP contribution in [0.5, 0.6) is 0 Å². The SMILES string of the molecule is CCCCCCC(CC)Cc1nccs1. The molecule has 1 aromatic rings. The Kier molecular flexibility index (Phi) is 6.66. The lowest BCUT2D eigenvalue weighted by atomic mass is 9.95. The molecule has 0 N–H and O–H groups in total. The molecular weight excluding hydrogens is 202 g/mol. The lowest BCUT2D eigenvalue weighted by Crippen LogP contribution is -2.03. The number of nitrogens with zero attached hydrogens (tertiary/aromatic N) is 1. The van der Waals surface area contributed by atoms with Crippen LogP contribution in [0.25, 0.3) is 0 Å². The largest absolute Gasteiger partial charge is 0.250 e. The summed E-state index contributed by atoms with van der Waals surface area (Å²) in [6, 6.07) is 0. The molecule has 0 amide bonds. The van der Waals surface area contributed by atoms with Crippen LogP contribution in [0.2, 0.25) is 0 Å². The zero-order valence-corrected chi connectivity index (χ0v) is 10.9. The topological polar surface area (TPSA) is 12.9 Å². The maximum absolute atomic E-state index is 4.37. The fourth-order valence-electron chi connectivity index (χ4n) is 1.91. The first-order valence-corrected chi connectivity index (χ1v) is 7.13. The van der Waals surface area contributed by atoms with Gasteiger partial charge < -0.3 is 0 Å². The van der Waals surface area contributed by atoms with Crippen LogP contribution in [0.3, 0.4) is 0 Å². The minimum atomic E-state index is 0.855. The first kappa shape index (κ1) is 12.7. The summed E-state index contributed by atoms with van der Waals surface area (Å²) < 4.78 is 0. The average molecular weight is 225 g/mol. The van der Waals surface area contributed by atoms with Gasteiger partial charge in [-0.1, -0.05) is 52.4 Å². The van der Waals surface area contributed by atoms with Gasteiger partial charge in [0, 0.05) is 18.0 Å². The summed E-state index contributed by atoms with van der Waals surface area (Å²) in [4.78, 5) is 4.37. The van der Waals surface area contributed by atoms with Crippen molar-refractivity contribution in [1.82, 2.24) is 4.98 Å². The van der Waals surface area contributed by atoms with Gasteiger partial charge in [-0.05, 0) is 5.92 Å². The van der Waals surface area contributed by atoms with E-state index in [1.165, 1.54) is 50.0 Å². The Morgan fingerprint density at radius 2 is 2.13 bits per heavy atom. The maximum Gasteiger partial charge on any atom is 0.0927 e. The third-order valence-corrected chi connectivity index (χ3v) is 3.79. The summed E-state index contributed by atoms with van der Waals surface area (Å²) in [5.41, 5.74) is 0. The fraction of sp³-hybridized carbons (Fsp3) is 0.769. The van der Waals surface area contributed by atoms with E-state index in [9.17, 15) is 0 Å². The molecule has 0 spiro atoms. The highest BCUT2D eigenvalue weighted by Gasteiger charge is 2.08. The van der Waals surface area contributed by atoms with Crippen molar-refractivity contribution in [3.05, 3.63) is 16.6 Å². The highest BCUT2D eigenvalue weighted by Crippen LogP contribution is 2.20. The first-order valence-electron chi connectivity index (χ1n) is 6.25. The second-order valence-corrected chi connectivity index (χ2v) is 5.23. The molecule has 0 fully saturated rings. The molecule has 0 saturated heterocycles. The van der Waals surface area contributed by atoms with E-state index >= 15 is 0 Å². The van der Waals surface area contributed by atoms with Crippen LogP contribution in [0.4, 0.5) is 0 Å². The lowest BCUT2D eigenvalue weighted by molar-refractivity contribution is 0.438. The quantitative estimate of drug-likeness (QED) is 0.585. The second kappa shape index (κ2) is 7.86. The van der Waals surface area contributed by atoms with E-state index < -0.39 is 0 Å². The van der Waals surface area contributed by atoms with Gasteiger partial charge in [-0.15, -0.1) is 11.3 Å². The van der Waals surface area contributed by atoms with Gasteiger partial charge in [0.15, 0.2) is 0 Å². The van der Waals surface area contributed by atoms with Crippen LogP contribution in [0.1, 0.15) is 57.4 Å². The number of hydrogen-bond acceptors (Lipinski definition) is 2. The average Bonchev–Trinajstić information content (AvgIpc) is 2.75. The van der Waals surface area contributed by atoms with E-state index in [1.54, 1.807) is 11.3 Å². The van der Waals surface area contributed by atoms with Gasteiger partial charge in [-0.2, -0.15) is 0 Å². The normalized spacial score (nSPS) is 12.9. The Morgan fingerprint density at radius 3 is 2.73 bits per heavy atom. The van der Waals surface area contributed by atoms with Gasteiger partial charge in [0.05, 0.1) is 5.01 Å². The number of unbranched alkanes of at least 4 members (excludes halogenated alkanes) is 3. The molecule has 0 radical (unpaired) electrons. The highest BCUT2D eigenvalue weighted by atomic mass is 32.1. The Hall–Kier alpha value is -0.370. The van der Waals surface area contributed by atoms with E-state index in [0.29, 0.717) is 0 Å². The molecule has 0 saturated carbocycles. The van der Waals surface area contributed by atoms with Crippen molar-refractivity contribution < 1.29 is 0 Å². The molecule has 1 heterocycles. The molecule has 0 aliphatic rings. The molecule has 15 heavy (non-hydrogen) atoms. The van der Waals surface area contributed by atoms with E-state index in [4.69, 9.17) is 0 Å². The molecule has 0 aromatic carbocycles. The van der Waals surface area contributed by atoms with Gasteiger partial charge in [-0.25, -0.2) is 4.98 Å². The summed E-state index contributed by atoms with van der Waals surface area (Å²) in [7, 11) is 0. The van der Waals surface area contributed by atoms with Crippen LogP contribution in [0.15, 0.2) is 11.6 Å². The predicted molar refractivity (Wildman–Crippen MR) is 68.4 cm³/mol. The Bertz CT molecular complexity index is 231. The maximum atomic E-state index is 4.37. The van der Waals surface area contributed by atoms with E-state index in [2.05, 4.69) is 24.2 Å². The molecular formula is C13H23NS. The van der Waals surface area contributed by atoms with Crippen LogP contribution in [-0.2, 0) is 6.42 Å². The number of thiazole rings is 1. The lowest BCUT2D eigenvalue weighted by Gasteiger charge is -2.12. The smallest absolute Gasteiger partial charge is 0.0927 e. The van der Waals surface area contributed by atoms with Gasteiger partial charge in [0.1, 0.15) is 0 Å². The third kappa shape index (κ3) is 5.31. The Morgan fingerprint density at radius 1 is 1.27 bits per heavy atom. The van der Waals surface area contributed by atoms with Gasteiger partial charge in [0.25, 0.3) is 0 Å². The highest BCUT2D eigenvalue weighted by molar-refractivity contribution is 7.09. The van der Waals surface area contributed by atoms with Gasteiger partial charge in [-0.3, -0.25) is 0 Å². The zero-order valence-electron chi connectivity index (χ0n) is 10.0. The monoisotopic (exact) mass is 225 g/mol. The van der Waals surface area contributed by atoms with E-state index in [-0.39, 0.29) is 0 Å². The second-order valence-electron chi connectivity index (χ2n) is 4.25. The van der Waals surface area contributed by atoms with Crippen molar-refractivity contribution >= 4 is 11.3 Å². The number of rotatable bonds is 8. The molecule has 1 nitrogen and oxygen atoms in total. The predicted octanol–water partition coefficient (Wildman–Crippen LogP) is 4.68. The van der Waals surface area contributed by atoms with Crippen molar-refractivity contribution in [1.29, 1.82) is 0 Å². The van der Waals surface area contributed by atoms with Crippen LogP contribution >= 0.6 is 11.3 Å².